The molecule has 21 heavy (non-hydrogen) atoms. The highest BCUT2D eigenvalue weighted by molar-refractivity contribution is 5.49. The molecule has 1 N–H and O–H groups in total. The summed E-state index contributed by atoms with van der Waals surface area (Å²) in [5, 5.41) is 3.33. The first kappa shape index (κ1) is 15.4. The number of nitrogens with zero attached hydrogens (tertiary/aromatic N) is 1. The average molecular weight is 286 g/mol. The molecule has 0 aliphatic heterocycles. The molecule has 0 aliphatic carbocycles. The zero-order chi connectivity index (χ0) is 15.2. The van der Waals surface area contributed by atoms with Gasteiger partial charge in [-0.05, 0) is 62.2 Å². The number of hydrogen-bond donors (Lipinski definition) is 1. The van der Waals surface area contributed by atoms with Crippen molar-refractivity contribution in [2.45, 2.75) is 27.3 Å². The molecular formula is C18H23FN2. The molecule has 0 fully saturated rings. The quantitative estimate of drug-likeness (QED) is 0.835. The van der Waals surface area contributed by atoms with Crippen LogP contribution >= 0.6 is 0 Å². The van der Waals surface area contributed by atoms with Crippen molar-refractivity contribution >= 4 is 11.4 Å². The molecule has 2 aromatic rings. The van der Waals surface area contributed by atoms with E-state index in [0.29, 0.717) is 5.56 Å². The van der Waals surface area contributed by atoms with Crippen LogP contribution in [0, 0.1) is 12.7 Å². The standard InChI is InChI=1S/C18H23FN2/c1-4-21(5-2)17-9-6-15(7-10-17)13-20-16-8-11-18(19)14(3)12-16/h6-12,20H,4-5,13H2,1-3H3. The highest BCUT2D eigenvalue weighted by Gasteiger charge is 2.02. The maximum Gasteiger partial charge on any atom is 0.126 e. The summed E-state index contributed by atoms with van der Waals surface area (Å²) in [6.45, 7) is 8.88. The van der Waals surface area contributed by atoms with E-state index < -0.39 is 0 Å². The molecule has 0 unspecified atom stereocenters. The molecule has 2 aromatic carbocycles. The van der Waals surface area contributed by atoms with Crippen molar-refractivity contribution in [3.05, 3.63) is 59.4 Å². The lowest BCUT2D eigenvalue weighted by Crippen LogP contribution is -2.21. The molecule has 0 radical (unpaired) electrons. The molecule has 0 saturated carbocycles. The zero-order valence-electron chi connectivity index (χ0n) is 13.0. The number of hydrogen-bond acceptors (Lipinski definition) is 2. The normalized spacial score (nSPS) is 10.5. The minimum atomic E-state index is -0.163. The summed E-state index contributed by atoms with van der Waals surface area (Å²) in [5.41, 5.74) is 4.08. The predicted octanol–water partition coefficient (Wildman–Crippen LogP) is 4.59. The summed E-state index contributed by atoms with van der Waals surface area (Å²) in [4.78, 5) is 2.32. The van der Waals surface area contributed by atoms with Crippen LogP contribution < -0.4 is 10.2 Å². The largest absolute Gasteiger partial charge is 0.381 e. The second-order valence-electron chi connectivity index (χ2n) is 5.16. The molecule has 0 bridgehead atoms. The summed E-state index contributed by atoms with van der Waals surface area (Å²) < 4.78 is 13.2. The number of benzene rings is 2. The molecule has 0 spiro atoms. The lowest BCUT2D eigenvalue weighted by molar-refractivity contribution is 0.618. The van der Waals surface area contributed by atoms with Gasteiger partial charge in [-0.1, -0.05) is 12.1 Å². The van der Waals surface area contributed by atoms with Gasteiger partial charge < -0.3 is 10.2 Å². The summed E-state index contributed by atoms with van der Waals surface area (Å²) in [7, 11) is 0. The number of anilines is 2. The number of halogens is 1. The molecule has 0 heterocycles. The summed E-state index contributed by atoms with van der Waals surface area (Å²) in [6, 6.07) is 13.7. The zero-order valence-corrected chi connectivity index (χ0v) is 13.0. The Morgan fingerprint density at radius 3 is 2.24 bits per heavy atom. The Kier molecular flexibility index (Phi) is 5.20. The van der Waals surface area contributed by atoms with Gasteiger partial charge in [-0.3, -0.25) is 0 Å². The van der Waals surface area contributed by atoms with E-state index in [1.807, 2.05) is 6.07 Å². The van der Waals surface area contributed by atoms with Crippen LogP contribution in [0.4, 0.5) is 15.8 Å². The van der Waals surface area contributed by atoms with Crippen LogP contribution in [0.25, 0.3) is 0 Å². The lowest BCUT2D eigenvalue weighted by Gasteiger charge is -2.21. The minimum Gasteiger partial charge on any atom is -0.381 e. The summed E-state index contributed by atoms with van der Waals surface area (Å²) in [6.07, 6.45) is 0. The second-order valence-corrected chi connectivity index (χ2v) is 5.16. The highest BCUT2D eigenvalue weighted by Crippen LogP contribution is 2.17. The Morgan fingerprint density at radius 2 is 1.67 bits per heavy atom. The minimum absolute atomic E-state index is 0.163. The van der Waals surface area contributed by atoms with Crippen LogP contribution in [0.15, 0.2) is 42.5 Å². The monoisotopic (exact) mass is 286 g/mol. The topological polar surface area (TPSA) is 15.3 Å². The van der Waals surface area contributed by atoms with Crippen molar-refractivity contribution in [3.8, 4) is 0 Å². The van der Waals surface area contributed by atoms with Gasteiger partial charge in [-0.15, -0.1) is 0 Å². The number of rotatable bonds is 6. The summed E-state index contributed by atoms with van der Waals surface area (Å²) in [5.74, 6) is -0.163. The van der Waals surface area contributed by atoms with Crippen LogP contribution in [-0.4, -0.2) is 13.1 Å². The van der Waals surface area contributed by atoms with Crippen molar-refractivity contribution in [1.82, 2.24) is 0 Å². The maximum atomic E-state index is 13.2. The van der Waals surface area contributed by atoms with Crippen molar-refractivity contribution in [2.24, 2.45) is 0 Å². The van der Waals surface area contributed by atoms with Crippen LogP contribution in [-0.2, 0) is 6.54 Å². The van der Waals surface area contributed by atoms with Crippen molar-refractivity contribution in [2.75, 3.05) is 23.3 Å². The van der Waals surface area contributed by atoms with Gasteiger partial charge >= 0.3 is 0 Å². The Morgan fingerprint density at radius 1 is 1.00 bits per heavy atom. The fourth-order valence-electron chi connectivity index (χ4n) is 2.37. The van der Waals surface area contributed by atoms with Crippen molar-refractivity contribution < 1.29 is 4.39 Å². The van der Waals surface area contributed by atoms with Gasteiger partial charge in [0.25, 0.3) is 0 Å². The highest BCUT2D eigenvalue weighted by atomic mass is 19.1. The van der Waals surface area contributed by atoms with Gasteiger partial charge in [0.15, 0.2) is 0 Å². The molecule has 0 atom stereocenters. The molecule has 0 saturated heterocycles. The molecule has 2 nitrogen and oxygen atoms in total. The molecule has 0 aromatic heterocycles. The van der Waals surface area contributed by atoms with Gasteiger partial charge in [0.2, 0.25) is 0 Å². The van der Waals surface area contributed by atoms with E-state index in [4.69, 9.17) is 0 Å². The van der Waals surface area contributed by atoms with Gasteiger partial charge in [0.05, 0.1) is 0 Å². The Hall–Kier alpha value is -2.03. The molecule has 0 aliphatic rings. The third kappa shape index (κ3) is 3.97. The first-order chi connectivity index (χ1) is 10.1. The molecule has 3 heteroatoms. The SMILES string of the molecule is CCN(CC)c1ccc(CNc2ccc(F)c(C)c2)cc1. The fraction of sp³-hybridized carbons (Fsp3) is 0.333. The first-order valence-corrected chi connectivity index (χ1v) is 7.48. The van der Waals surface area contributed by atoms with Crippen LogP contribution in [0.5, 0.6) is 0 Å². The van der Waals surface area contributed by atoms with Crippen molar-refractivity contribution in [3.63, 3.8) is 0 Å². The smallest absolute Gasteiger partial charge is 0.126 e. The third-order valence-electron chi connectivity index (χ3n) is 3.72. The van der Waals surface area contributed by atoms with Gasteiger partial charge in [-0.25, -0.2) is 4.39 Å². The van der Waals surface area contributed by atoms with E-state index >= 15 is 0 Å². The van der Waals surface area contributed by atoms with E-state index in [1.54, 1.807) is 13.0 Å². The molecule has 112 valence electrons. The van der Waals surface area contributed by atoms with E-state index in [2.05, 4.69) is 48.3 Å². The van der Waals surface area contributed by atoms with Crippen LogP contribution in [0.1, 0.15) is 25.0 Å². The van der Waals surface area contributed by atoms with E-state index in [1.165, 1.54) is 17.3 Å². The molecular weight excluding hydrogens is 263 g/mol. The fourth-order valence-corrected chi connectivity index (χ4v) is 2.37. The van der Waals surface area contributed by atoms with E-state index in [-0.39, 0.29) is 5.82 Å². The van der Waals surface area contributed by atoms with Crippen molar-refractivity contribution in [1.29, 1.82) is 0 Å². The maximum absolute atomic E-state index is 13.2. The predicted molar refractivity (Wildman–Crippen MR) is 88.5 cm³/mol. The van der Waals surface area contributed by atoms with Crippen LogP contribution in [0.3, 0.4) is 0 Å². The van der Waals surface area contributed by atoms with E-state index in [0.717, 1.165) is 25.3 Å². The second kappa shape index (κ2) is 7.11. The Balaban J connectivity index is 1.98. The van der Waals surface area contributed by atoms with Gasteiger partial charge in [0.1, 0.15) is 5.82 Å². The average Bonchev–Trinajstić information content (AvgIpc) is 2.51. The van der Waals surface area contributed by atoms with Gasteiger partial charge in [-0.2, -0.15) is 0 Å². The van der Waals surface area contributed by atoms with Crippen LogP contribution in [0.2, 0.25) is 0 Å². The summed E-state index contributed by atoms with van der Waals surface area (Å²) >= 11 is 0. The molecule has 2 rings (SSSR count). The van der Waals surface area contributed by atoms with Gasteiger partial charge in [0, 0.05) is 31.0 Å². The first-order valence-electron chi connectivity index (χ1n) is 7.48. The third-order valence-corrected chi connectivity index (χ3v) is 3.72. The van der Waals surface area contributed by atoms with E-state index in [9.17, 15) is 4.39 Å². The Labute approximate surface area is 126 Å². The Bertz CT molecular complexity index is 574. The lowest BCUT2D eigenvalue weighted by atomic mass is 10.1. The number of aryl methyl sites for hydroxylation is 1. The molecule has 0 amide bonds. The number of nitrogens with one attached hydrogen (secondary N) is 1.